The lowest BCUT2D eigenvalue weighted by Gasteiger charge is -2.13. The van der Waals surface area contributed by atoms with E-state index in [9.17, 15) is 0 Å². The zero-order valence-electron chi connectivity index (χ0n) is 78.1. The molecule has 0 fully saturated rings. The van der Waals surface area contributed by atoms with Gasteiger partial charge in [-0.15, -0.1) is 0 Å². The van der Waals surface area contributed by atoms with Crippen molar-refractivity contribution < 1.29 is 0 Å². The first-order valence-electron chi connectivity index (χ1n) is 49.3. The molecular weight excluding hydrogens is 1730 g/mol. The molecule has 30 rings (SSSR count). The standard InChI is InChI=1S/C48H31N3.C48H31N.C42H27N/c1-3-13-34(14-4-1)49-43-20-10-7-17-37(43)40-29-32(23-26-46(40)49)33-24-27-47-41(30-33)38-18-8-12-22-45(38)51(47)36-25-28-48-42(31-36)39-19-9-11-21-44(39)50(48)35-15-5-2-6-16-35;1-3-13-32(14-4-1)38-27-39(33-15-5-2-6-16-33)29-40(28-38)36-19-11-17-34(25-36)35-18-12-20-37(26-35)41-30-44-42-21-7-9-23-46(42)49-47-24-10-8-22-43(47)45(31-41)48(44)49;1-2-9-28(10-3-1)29-19-21-30(22-20-29)31-11-6-12-32(25-31)33-13-7-14-34(26-33)35-23-24-41-39(27-35)38-17-8-16-37-36-15-4-5-18-40(36)43(41)42(37)38/h1-31H;1-31H;1-27H. The van der Waals surface area contributed by atoms with E-state index in [1.165, 1.54) is 264 Å². The van der Waals surface area contributed by atoms with E-state index in [0.717, 1.165) is 5.69 Å². The van der Waals surface area contributed by atoms with Crippen LogP contribution in [0.3, 0.4) is 0 Å². The Bertz CT molecular complexity index is 10100. The first-order valence-corrected chi connectivity index (χ1v) is 49.3. The second-order valence-electron chi connectivity index (χ2n) is 37.8. The fourth-order valence-corrected chi connectivity index (χ4v) is 23.0. The molecule has 7 heterocycles. The minimum absolute atomic E-state index is 1.16. The van der Waals surface area contributed by atoms with Crippen molar-refractivity contribution in [3.05, 3.63) is 540 Å². The Labute approximate surface area is 826 Å². The normalized spacial score (nSPS) is 11.8. The molecule has 30 aromatic rings. The predicted molar refractivity (Wildman–Crippen MR) is 606 cm³/mol. The maximum atomic E-state index is 2.44. The molecule has 0 amide bonds. The van der Waals surface area contributed by atoms with Crippen molar-refractivity contribution in [2.75, 3.05) is 0 Å². The molecule has 0 radical (unpaired) electrons. The average molecular weight is 1820 g/mol. The lowest BCUT2D eigenvalue weighted by atomic mass is 9.91. The molecule has 0 unspecified atom stereocenters. The fraction of sp³-hybridized carbons (Fsp3) is 0. The summed E-state index contributed by atoms with van der Waals surface area (Å²) in [4.78, 5) is 0. The molecule has 0 aliphatic rings. The summed E-state index contributed by atoms with van der Waals surface area (Å²) in [5.74, 6) is 0. The predicted octanol–water partition coefficient (Wildman–Crippen LogP) is 37.3. The lowest BCUT2D eigenvalue weighted by Crippen LogP contribution is -1.95. The van der Waals surface area contributed by atoms with E-state index in [0.29, 0.717) is 0 Å². The highest BCUT2D eigenvalue weighted by molar-refractivity contribution is 6.26. The van der Waals surface area contributed by atoms with Crippen LogP contribution >= 0.6 is 0 Å². The van der Waals surface area contributed by atoms with E-state index in [2.05, 4.69) is 562 Å². The second kappa shape index (κ2) is 34.0. The maximum absolute atomic E-state index is 2.44. The van der Waals surface area contributed by atoms with E-state index in [-0.39, 0.29) is 0 Å². The number of nitrogens with zero attached hydrogens (tertiary/aromatic N) is 5. The van der Waals surface area contributed by atoms with Crippen LogP contribution in [0.4, 0.5) is 0 Å². The van der Waals surface area contributed by atoms with Crippen molar-refractivity contribution in [1.82, 2.24) is 22.5 Å². The monoisotopic (exact) mass is 1820 g/mol. The minimum Gasteiger partial charge on any atom is -0.309 e. The fourth-order valence-electron chi connectivity index (χ4n) is 23.0. The van der Waals surface area contributed by atoms with Crippen molar-refractivity contribution in [2.45, 2.75) is 0 Å². The van der Waals surface area contributed by atoms with Gasteiger partial charge in [0.15, 0.2) is 0 Å². The third-order valence-electron chi connectivity index (χ3n) is 29.6. The molecule has 23 aromatic carbocycles. The quantitative estimate of drug-likeness (QED) is 0.110. The van der Waals surface area contributed by atoms with Gasteiger partial charge >= 0.3 is 0 Å². The maximum Gasteiger partial charge on any atom is 0.0620 e. The van der Waals surface area contributed by atoms with Gasteiger partial charge in [-0.25, -0.2) is 0 Å². The molecule has 666 valence electrons. The molecule has 5 heteroatoms. The number of fused-ring (bicyclic) bond motifs is 21. The smallest absolute Gasteiger partial charge is 0.0620 e. The van der Waals surface area contributed by atoms with Crippen LogP contribution in [-0.2, 0) is 0 Å². The number of benzene rings is 23. The SMILES string of the molecule is c1ccc(-c2cc(-c3ccccc3)cc(-c3cccc(-c4cccc(-c5cc6c7ccccc7n7c8ccccc8c(c5)c67)c4)c3)c2)cc1.c1ccc(-c2ccc(-c3cccc(-c4cccc(-c5ccc6c(c5)c5cccc7c8ccccc8n6c75)c4)c3)cc2)cc1.c1ccc(-n2c3ccccc3c3cc(-c4ccc5c(c4)c4ccccc4n5-c4ccc5c(c4)c4ccccc4n5-c4ccccc4)ccc32)cc1. The Morgan fingerprint density at radius 2 is 0.280 bits per heavy atom. The van der Waals surface area contributed by atoms with E-state index in [1.54, 1.807) is 0 Å². The summed E-state index contributed by atoms with van der Waals surface area (Å²) < 4.78 is 12.1. The van der Waals surface area contributed by atoms with E-state index in [1.807, 2.05) is 0 Å². The Morgan fingerprint density at radius 3 is 0.671 bits per heavy atom. The summed E-state index contributed by atoms with van der Waals surface area (Å²) in [6.45, 7) is 0. The van der Waals surface area contributed by atoms with Gasteiger partial charge in [0.2, 0.25) is 0 Å². The second-order valence-corrected chi connectivity index (χ2v) is 37.8. The molecule has 0 bridgehead atoms. The highest BCUT2D eigenvalue weighted by atomic mass is 15.0. The van der Waals surface area contributed by atoms with Gasteiger partial charge in [0.25, 0.3) is 0 Å². The Balaban J connectivity index is 0.000000105. The Morgan fingerprint density at radius 1 is 0.0909 bits per heavy atom. The minimum atomic E-state index is 1.16. The summed E-state index contributed by atoms with van der Waals surface area (Å²) in [5, 5.41) is 18.0. The van der Waals surface area contributed by atoms with Crippen molar-refractivity contribution in [2.24, 2.45) is 0 Å². The molecule has 0 N–H and O–H groups in total. The molecule has 0 saturated heterocycles. The molecule has 0 saturated carbocycles. The first kappa shape index (κ1) is 82.3. The van der Waals surface area contributed by atoms with Crippen LogP contribution in [0.5, 0.6) is 0 Å². The Hall–Kier alpha value is -18.9. The first-order chi connectivity index (χ1) is 70.9. The van der Waals surface area contributed by atoms with Gasteiger partial charge in [0.1, 0.15) is 0 Å². The van der Waals surface area contributed by atoms with Crippen LogP contribution in [0.15, 0.2) is 540 Å². The zero-order chi connectivity index (χ0) is 94.1. The van der Waals surface area contributed by atoms with Crippen LogP contribution in [-0.4, -0.2) is 22.5 Å². The van der Waals surface area contributed by atoms with Gasteiger partial charge in [-0.1, -0.05) is 370 Å². The molecule has 7 aromatic heterocycles. The van der Waals surface area contributed by atoms with Gasteiger partial charge in [0.05, 0.1) is 66.2 Å². The van der Waals surface area contributed by atoms with Crippen LogP contribution in [0.2, 0.25) is 0 Å². The topological polar surface area (TPSA) is 23.6 Å². The van der Waals surface area contributed by atoms with E-state index in [4.69, 9.17) is 0 Å². The van der Waals surface area contributed by atoms with Gasteiger partial charge in [-0.05, 0) is 281 Å². The molecule has 0 aliphatic carbocycles. The largest absolute Gasteiger partial charge is 0.309 e. The molecule has 0 spiro atoms. The van der Waals surface area contributed by atoms with Crippen LogP contribution in [0, 0.1) is 0 Å². The van der Waals surface area contributed by atoms with Crippen LogP contribution < -0.4 is 0 Å². The van der Waals surface area contributed by atoms with Crippen LogP contribution in [0.25, 0.3) is 270 Å². The number of hydrogen-bond acceptors (Lipinski definition) is 0. The lowest BCUT2D eigenvalue weighted by molar-refractivity contribution is 1.17. The highest BCUT2D eigenvalue weighted by Crippen LogP contribution is 2.48. The van der Waals surface area contributed by atoms with E-state index >= 15 is 0 Å². The molecule has 0 aliphatic heterocycles. The number of rotatable bonds is 13. The van der Waals surface area contributed by atoms with Gasteiger partial charge < -0.3 is 22.5 Å². The summed E-state index contributed by atoms with van der Waals surface area (Å²) in [6.07, 6.45) is 0. The van der Waals surface area contributed by atoms with Gasteiger partial charge in [-0.2, -0.15) is 0 Å². The third kappa shape index (κ3) is 14.0. The van der Waals surface area contributed by atoms with Gasteiger partial charge in [0, 0.05) is 92.5 Å². The molecule has 143 heavy (non-hydrogen) atoms. The Kier molecular flexibility index (Phi) is 19.6. The summed E-state index contributed by atoms with van der Waals surface area (Å²) in [5.41, 5.74) is 42.9. The summed E-state index contributed by atoms with van der Waals surface area (Å²) >= 11 is 0. The molecule has 5 nitrogen and oxygen atoms in total. The number of para-hydroxylation sites is 9. The highest BCUT2D eigenvalue weighted by Gasteiger charge is 2.25. The third-order valence-corrected chi connectivity index (χ3v) is 29.6. The van der Waals surface area contributed by atoms with Crippen molar-refractivity contribution in [3.8, 4) is 128 Å². The van der Waals surface area contributed by atoms with Crippen LogP contribution in [0.1, 0.15) is 0 Å². The van der Waals surface area contributed by atoms with E-state index < -0.39 is 0 Å². The summed E-state index contributed by atoms with van der Waals surface area (Å²) in [6, 6.07) is 197. The number of aromatic nitrogens is 5. The molecular formula is C138H89N5. The number of hydrogen-bond donors (Lipinski definition) is 0. The van der Waals surface area contributed by atoms with Crippen molar-refractivity contribution >= 4 is 142 Å². The average Bonchev–Trinajstić information content (AvgIpc) is 1.55. The van der Waals surface area contributed by atoms with Gasteiger partial charge in [-0.3, -0.25) is 0 Å². The van der Waals surface area contributed by atoms with Crippen molar-refractivity contribution in [1.29, 1.82) is 0 Å². The summed E-state index contributed by atoms with van der Waals surface area (Å²) in [7, 11) is 0. The molecule has 0 atom stereocenters. The zero-order valence-corrected chi connectivity index (χ0v) is 78.1. The van der Waals surface area contributed by atoms with Crippen molar-refractivity contribution in [3.63, 3.8) is 0 Å².